The van der Waals surface area contributed by atoms with Gasteiger partial charge in [-0.1, -0.05) is 6.07 Å². The summed E-state index contributed by atoms with van der Waals surface area (Å²) in [5.74, 6) is 0.363. The first kappa shape index (κ1) is 14.7. The van der Waals surface area contributed by atoms with E-state index in [0.717, 1.165) is 11.3 Å². The van der Waals surface area contributed by atoms with E-state index in [-0.39, 0.29) is 11.6 Å². The van der Waals surface area contributed by atoms with Crippen molar-refractivity contribution in [2.45, 2.75) is 13.5 Å². The molecule has 0 aromatic heterocycles. The van der Waals surface area contributed by atoms with E-state index in [4.69, 9.17) is 4.74 Å². The van der Waals surface area contributed by atoms with Gasteiger partial charge in [-0.05, 0) is 52.7 Å². The largest absolute Gasteiger partial charge is 0.507 e. The van der Waals surface area contributed by atoms with Crippen LogP contribution in [0.5, 0.6) is 11.5 Å². The van der Waals surface area contributed by atoms with E-state index >= 15 is 0 Å². The Bertz CT molecular complexity index is 604. The number of hydrogen-bond acceptors (Lipinski definition) is 3. The second-order valence-electron chi connectivity index (χ2n) is 4.21. The van der Waals surface area contributed by atoms with Gasteiger partial charge in [0, 0.05) is 12.6 Å². The fourth-order valence-electron chi connectivity index (χ4n) is 1.77. The van der Waals surface area contributed by atoms with Crippen molar-refractivity contribution < 1.29 is 14.2 Å². The topological polar surface area (TPSA) is 41.5 Å². The monoisotopic (exact) mass is 339 g/mol. The third-order valence-corrected chi connectivity index (χ3v) is 3.37. The predicted molar refractivity (Wildman–Crippen MR) is 80.7 cm³/mol. The van der Waals surface area contributed by atoms with Gasteiger partial charge >= 0.3 is 0 Å². The van der Waals surface area contributed by atoms with Crippen LogP contribution in [-0.4, -0.2) is 11.7 Å². The van der Waals surface area contributed by atoms with Crippen LogP contribution in [0.25, 0.3) is 0 Å². The van der Waals surface area contributed by atoms with Crippen LogP contribution in [0, 0.1) is 5.82 Å². The van der Waals surface area contributed by atoms with Crippen molar-refractivity contribution >= 4 is 21.6 Å². The van der Waals surface area contributed by atoms with Crippen LogP contribution in [-0.2, 0) is 6.54 Å². The van der Waals surface area contributed by atoms with Crippen molar-refractivity contribution in [3.05, 3.63) is 52.3 Å². The van der Waals surface area contributed by atoms with Crippen molar-refractivity contribution in [2.24, 2.45) is 0 Å². The molecule has 0 saturated carbocycles. The van der Waals surface area contributed by atoms with Crippen LogP contribution in [0.1, 0.15) is 12.5 Å². The lowest BCUT2D eigenvalue weighted by molar-refractivity contribution is 0.340. The van der Waals surface area contributed by atoms with E-state index in [1.165, 1.54) is 12.1 Å². The van der Waals surface area contributed by atoms with Crippen molar-refractivity contribution in [1.29, 1.82) is 0 Å². The SMILES string of the molecule is CCOc1cc(F)ccc1NCc1ccc(O)c(Br)c1. The predicted octanol–water partition coefficient (Wildman–Crippen LogP) is 4.30. The summed E-state index contributed by atoms with van der Waals surface area (Å²) in [5, 5.41) is 12.6. The zero-order chi connectivity index (χ0) is 14.5. The Hall–Kier alpha value is -1.75. The van der Waals surface area contributed by atoms with Gasteiger partial charge in [0.2, 0.25) is 0 Å². The summed E-state index contributed by atoms with van der Waals surface area (Å²) < 4.78 is 19.2. The van der Waals surface area contributed by atoms with E-state index in [9.17, 15) is 9.50 Å². The molecule has 20 heavy (non-hydrogen) atoms. The van der Waals surface area contributed by atoms with Crippen molar-refractivity contribution in [2.75, 3.05) is 11.9 Å². The van der Waals surface area contributed by atoms with Gasteiger partial charge < -0.3 is 15.2 Å². The van der Waals surface area contributed by atoms with E-state index in [0.29, 0.717) is 23.4 Å². The van der Waals surface area contributed by atoms with Gasteiger partial charge in [-0.2, -0.15) is 0 Å². The fourth-order valence-corrected chi connectivity index (χ4v) is 2.20. The molecule has 2 rings (SSSR count). The number of anilines is 1. The summed E-state index contributed by atoms with van der Waals surface area (Å²) in [6.45, 7) is 2.87. The fraction of sp³-hybridized carbons (Fsp3) is 0.200. The number of phenols is 1. The molecule has 2 N–H and O–H groups in total. The maximum atomic E-state index is 13.2. The van der Waals surface area contributed by atoms with Gasteiger partial charge in [-0.3, -0.25) is 0 Å². The summed E-state index contributed by atoms with van der Waals surface area (Å²) in [7, 11) is 0. The molecule has 0 unspecified atom stereocenters. The highest BCUT2D eigenvalue weighted by Crippen LogP contribution is 2.28. The molecule has 2 aromatic carbocycles. The van der Waals surface area contributed by atoms with Gasteiger partial charge in [0.1, 0.15) is 17.3 Å². The summed E-state index contributed by atoms with van der Waals surface area (Å²) in [6.07, 6.45) is 0. The number of hydrogen-bond donors (Lipinski definition) is 2. The second-order valence-corrected chi connectivity index (χ2v) is 5.07. The molecule has 0 spiro atoms. The molecule has 0 fully saturated rings. The Morgan fingerprint density at radius 3 is 2.75 bits per heavy atom. The van der Waals surface area contributed by atoms with Crippen LogP contribution in [0.4, 0.5) is 10.1 Å². The van der Waals surface area contributed by atoms with E-state index in [1.54, 1.807) is 12.1 Å². The molecular formula is C15H15BrFNO2. The van der Waals surface area contributed by atoms with Crippen LogP contribution >= 0.6 is 15.9 Å². The van der Waals surface area contributed by atoms with Crippen LogP contribution in [0.2, 0.25) is 0 Å². The average Bonchev–Trinajstić information content (AvgIpc) is 2.42. The zero-order valence-electron chi connectivity index (χ0n) is 11.0. The smallest absolute Gasteiger partial charge is 0.145 e. The number of phenolic OH excluding ortho intramolecular Hbond substituents is 1. The lowest BCUT2D eigenvalue weighted by Gasteiger charge is -2.13. The lowest BCUT2D eigenvalue weighted by atomic mass is 10.2. The Kier molecular flexibility index (Phi) is 4.84. The highest BCUT2D eigenvalue weighted by atomic mass is 79.9. The molecule has 0 radical (unpaired) electrons. The normalized spacial score (nSPS) is 10.3. The van der Waals surface area contributed by atoms with Crippen LogP contribution < -0.4 is 10.1 Å². The second kappa shape index (κ2) is 6.61. The number of nitrogens with one attached hydrogen (secondary N) is 1. The minimum Gasteiger partial charge on any atom is -0.507 e. The third-order valence-electron chi connectivity index (χ3n) is 2.74. The minimum absolute atomic E-state index is 0.200. The van der Waals surface area contributed by atoms with Crippen molar-refractivity contribution in [1.82, 2.24) is 0 Å². The molecule has 0 atom stereocenters. The van der Waals surface area contributed by atoms with Gasteiger partial charge in [0.15, 0.2) is 0 Å². The molecule has 0 amide bonds. The minimum atomic E-state index is -0.327. The standard InChI is InChI=1S/C15H15BrFNO2/c1-2-20-15-8-11(17)4-5-13(15)18-9-10-3-6-14(19)12(16)7-10/h3-8,18-19H,2,9H2,1H3. The molecule has 0 aliphatic rings. The van der Waals surface area contributed by atoms with Crippen LogP contribution in [0.3, 0.4) is 0 Å². The molecule has 2 aromatic rings. The maximum Gasteiger partial charge on any atom is 0.145 e. The highest BCUT2D eigenvalue weighted by Gasteiger charge is 2.06. The first-order chi connectivity index (χ1) is 9.60. The van der Waals surface area contributed by atoms with Gasteiger partial charge in [-0.15, -0.1) is 0 Å². The highest BCUT2D eigenvalue weighted by molar-refractivity contribution is 9.10. The Morgan fingerprint density at radius 2 is 2.05 bits per heavy atom. The van der Waals surface area contributed by atoms with Crippen molar-refractivity contribution in [3.63, 3.8) is 0 Å². The van der Waals surface area contributed by atoms with Gasteiger partial charge in [0.05, 0.1) is 16.8 Å². The van der Waals surface area contributed by atoms with Crippen LogP contribution in [0.15, 0.2) is 40.9 Å². The molecule has 0 bridgehead atoms. The van der Waals surface area contributed by atoms with E-state index in [1.807, 2.05) is 19.1 Å². The summed E-state index contributed by atoms with van der Waals surface area (Å²) in [4.78, 5) is 0. The van der Waals surface area contributed by atoms with Gasteiger partial charge in [-0.25, -0.2) is 4.39 Å². The number of ether oxygens (including phenoxy) is 1. The average molecular weight is 340 g/mol. The number of halogens is 2. The summed E-state index contributed by atoms with van der Waals surface area (Å²) in [5.41, 5.74) is 1.72. The molecule has 106 valence electrons. The Labute approximate surface area is 125 Å². The first-order valence-electron chi connectivity index (χ1n) is 6.23. The first-order valence-corrected chi connectivity index (χ1v) is 7.03. The zero-order valence-corrected chi connectivity index (χ0v) is 12.6. The maximum absolute atomic E-state index is 13.2. The Balaban J connectivity index is 2.11. The summed E-state index contributed by atoms with van der Waals surface area (Å²) in [6, 6.07) is 9.66. The molecule has 3 nitrogen and oxygen atoms in total. The number of aromatic hydroxyl groups is 1. The quantitative estimate of drug-likeness (QED) is 0.853. The molecule has 0 aliphatic carbocycles. The molecule has 0 aliphatic heterocycles. The van der Waals surface area contributed by atoms with E-state index < -0.39 is 0 Å². The molecule has 5 heteroatoms. The number of rotatable bonds is 5. The lowest BCUT2D eigenvalue weighted by Crippen LogP contribution is -2.03. The number of benzene rings is 2. The molecular weight excluding hydrogens is 325 g/mol. The summed E-state index contributed by atoms with van der Waals surface area (Å²) >= 11 is 3.27. The Morgan fingerprint density at radius 1 is 1.25 bits per heavy atom. The van der Waals surface area contributed by atoms with Gasteiger partial charge in [0.25, 0.3) is 0 Å². The van der Waals surface area contributed by atoms with E-state index in [2.05, 4.69) is 21.2 Å². The molecule has 0 saturated heterocycles. The van der Waals surface area contributed by atoms with Crippen molar-refractivity contribution in [3.8, 4) is 11.5 Å². The molecule has 0 heterocycles. The third kappa shape index (κ3) is 3.63.